The van der Waals surface area contributed by atoms with Gasteiger partial charge in [-0.2, -0.15) is 5.48 Å². The third-order valence-electron chi connectivity index (χ3n) is 1.55. The van der Waals surface area contributed by atoms with Crippen LogP contribution in [0.1, 0.15) is 11.3 Å². The summed E-state index contributed by atoms with van der Waals surface area (Å²) >= 11 is 0. The van der Waals surface area contributed by atoms with E-state index in [1.807, 2.05) is 12.1 Å². The van der Waals surface area contributed by atoms with Gasteiger partial charge in [0.25, 0.3) is 0 Å². The van der Waals surface area contributed by atoms with Crippen LogP contribution in [0.25, 0.3) is 0 Å². The molecule has 0 radical (unpaired) electrons. The Bertz CT molecular complexity index is 212. The second-order valence-corrected chi connectivity index (χ2v) is 2.22. The Labute approximate surface area is 59.0 Å². The fraction of sp³-hybridized carbons (Fsp3) is 0.286. The molecule has 0 saturated heterocycles. The van der Waals surface area contributed by atoms with Crippen LogP contribution in [0.2, 0.25) is 0 Å². The molecule has 1 aliphatic rings. The minimum Gasteiger partial charge on any atom is -0.297 e. The summed E-state index contributed by atoms with van der Waals surface area (Å²) in [5.74, 6) is 0. The van der Waals surface area contributed by atoms with Crippen LogP contribution in [0.3, 0.4) is 0 Å². The van der Waals surface area contributed by atoms with Gasteiger partial charge in [-0.05, 0) is 6.07 Å². The fourth-order valence-electron chi connectivity index (χ4n) is 1.01. The highest BCUT2D eigenvalue weighted by molar-refractivity contribution is 5.19. The Morgan fingerprint density at radius 2 is 2.60 bits per heavy atom. The number of rotatable bonds is 0. The summed E-state index contributed by atoms with van der Waals surface area (Å²) in [4.78, 5) is 9.18. The van der Waals surface area contributed by atoms with E-state index in [0.717, 1.165) is 12.2 Å². The van der Waals surface area contributed by atoms with E-state index in [4.69, 9.17) is 4.84 Å². The van der Waals surface area contributed by atoms with Crippen molar-refractivity contribution in [3.63, 3.8) is 0 Å². The van der Waals surface area contributed by atoms with Crippen LogP contribution in [0, 0.1) is 0 Å². The highest BCUT2D eigenvalue weighted by Gasteiger charge is 2.07. The second-order valence-electron chi connectivity index (χ2n) is 2.22. The summed E-state index contributed by atoms with van der Waals surface area (Å²) in [6.45, 7) is 1.35. The Balaban J connectivity index is 2.41. The molecule has 2 rings (SSSR count). The standard InChI is InChI=1S/C7H8N2O/c1-2-6-5-10-9-4-7(6)8-3-1/h1-3,9H,4-5H2. The minimum atomic E-state index is 0.628. The summed E-state index contributed by atoms with van der Waals surface area (Å²) in [5, 5.41) is 0. The predicted molar refractivity (Wildman–Crippen MR) is 35.9 cm³/mol. The molecule has 0 amide bonds. The highest BCUT2D eigenvalue weighted by Crippen LogP contribution is 2.09. The molecular formula is C7H8N2O. The lowest BCUT2D eigenvalue weighted by Gasteiger charge is -2.14. The van der Waals surface area contributed by atoms with Crippen molar-refractivity contribution >= 4 is 0 Å². The van der Waals surface area contributed by atoms with E-state index in [9.17, 15) is 0 Å². The van der Waals surface area contributed by atoms with Crippen molar-refractivity contribution in [3.05, 3.63) is 29.6 Å². The third-order valence-corrected chi connectivity index (χ3v) is 1.55. The van der Waals surface area contributed by atoms with Gasteiger partial charge < -0.3 is 0 Å². The molecule has 52 valence electrons. The van der Waals surface area contributed by atoms with Crippen molar-refractivity contribution in [2.75, 3.05) is 0 Å². The molecule has 0 spiro atoms. The molecule has 2 heterocycles. The lowest BCUT2D eigenvalue weighted by atomic mass is 10.2. The van der Waals surface area contributed by atoms with Crippen LogP contribution in [0.5, 0.6) is 0 Å². The number of hydrogen-bond acceptors (Lipinski definition) is 3. The van der Waals surface area contributed by atoms with Gasteiger partial charge in [0.2, 0.25) is 0 Å². The molecule has 3 nitrogen and oxygen atoms in total. The Morgan fingerprint density at radius 3 is 3.50 bits per heavy atom. The quantitative estimate of drug-likeness (QED) is 0.567. The average Bonchev–Trinajstić information content (AvgIpc) is 2.05. The normalized spacial score (nSPS) is 16.4. The number of pyridine rings is 1. The van der Waals surface area contributed by atoms with Crippen LogP contribution >= 0.6 is 0 Å². The first-order valence-electron chi connectivity index (χ1n) is 3.24. The third kappa shape index (κ3) is 0.894. The number of aromatic nitrogens is 1. The molecule has 0 fully saturated rings. The van der Waals surface area contributed by atoms with Gasteiger partial charge in [0.1, 0.15) is 0 Å². The van der Waals surface area contributed by atoms with Crippen molar-refractivity contribution in [2.24, 2.45) is 0 Å². The van der Waals surface area contributed by atoms with Gasteiger partial charge in [-0.3, -0.25) is 9.82 Å². The number of nitrogens with one attached hydrogen (secondary N) is 1. The zero-order chi connectivity index (χ0) is 6.81. The van der Waals surface area contributed by atoms with Gasteiger partial charge in [0, 0.05) is 11.8 Å². The summed E-state index contributed by atoms with van der Waals surface area (Å²) < 4.78 is 0. The maximum atomic E-state index is 5.01. The monoisotopic (exact) mass is 136 g/mol. The maximum Gasteiger partial charge on any atom is 0.0951 e. The zero-order valence-electron chi connectivity index (χ0n) is 5.50. The second kappa shape index (κ2) is 2.36. The molecule has 0 saturated carbocycles. The Kier molecular flexibility index (Phi) is 1.38. The minimum absolute atomic E-state index is 0.628. The van der Waals surface area contributed by atoms with Crippen molar-refractivity contribution in [2.45, 2.75) is 13.2 Å². The van der Waals surface area contributed by atoms with Crippen LogP contribution in [-0.2, 0) is 18.0 Å². The van der Waals surface area contributed by atoms with Crippen molar-refractivity contribution in [3.8, 4) is 0 Å². The molecule has 1 aromatic heterocycles. The number of fused-ring (bicyclic) bond motifs is 1. The first-order chi connectivity index (χ1) is 4.97. The molecule has 0 unspecified atom stereocenters. The van der Waals surface area contributed by atoms with Crippen LogP contribution < -0.4 is 5.48 Å². The predicted octanol–water partition coefficient (Wildman–Crippen LogP) is 0.616. The lowest BCUT2D eigenvalue weighted by Crippen LogP contribution is -2.21. The van der Waals surface area contributed by atoms with Crippen molar-refractivity contribution < 1.29 is 4.84 Å². The van der Waals surface area contributed by atoms with Gasteiger partial charge in [-0.1, -0.05) is 6.07 Å². The number of hydrogen-bond donors (Lipinski definition) is 1. The molecule has 0 atom stereocenters. The van der Waals surface area contributed by atoms with Crippen molar-refractivity contribution in [1.29, 1.82) is 0 Å². The van der Waals surface area contributed by atoms with Crippen LogP contribution in [-0.4, -0.2) is 4.98 Å². The van der Waals surface area contributed by atoms with E-state index in [2.05, 4.69) is 10.5 Å². The Hall–Kier alpha value is -0.930. The topological polar surface area (TPSA) is 34.1 Å². The smallest absolute Gasteiger partial charge is 0.0951 e. The molecule has 0 aromatic carbocycles. The highest BCUT2D eigenvalue weighted by atomic mass is 16.6. The summed E-state index contributed by atoms with van der Waals surface area (Å²) in [6.07, 6.45) is 1.80. The average molecular weight is 136 g/mol. The van der Waals surface area contributed by atoms with E-state index in [1.165, 1.54) is 5.56 Å². The molecule has 10 heavy (non-hydrogen) atoms. The first-order valence-corrected chi connectivity index (χ1v) is 3.24. The fourth-order valence-corrected chi connectivity index (χ4v) is 1.01. The van der Waals surface area contributed by atoms with E-state index in [1.54, 1.807) is 6.20 Å². The van der Waals surface area contributed by atoms with Crippen LogP contribution in [0.15, 0.2) is 18.3 Å². The first kappa shape index (κ1) is 5.82. The molecule has 0 aliphatic carbocycles. The van der Waals surface area contributed by atoms with Gasteiger partial charge >= 0.3 is 0 Å². The summed E-state index contributed by atoms with van der Waals surface area (Å²) in [7, 11) is 0. The van der Waals surface area contributed by atoms with E-state index in [-0.39, 0.29) is 0 Å². The van der Waals surface area contributed by atoms with Gasteiger partial charge in [0.15, 0.2) is 0 Å². The summed E-state index contributed by atoms with van der Waals surface area (Å²) in [5.41, 5.74) is 5.05. The van der Waals surface area contributed by atoms with Crippen LogP contribution in [0.4, 0.5) is 0 Å². The lowest BCUT2D eigenvalue weighted by molar-refractivity contribution is 0.00941. The molecule has 1 aliphatic heterocycles. The zero-order valence-corrected chi connectivity index (χ0v) is 5.50. The van der Waals surface area contributed by atoms with Gasteiger partial charge in [-0.25, -0.2) is 0 Å². The molecule has 1 N–H and O–H groups in total. The van der Waals surface area contributed by atoms with E-state index < -0.39 is 0 Å². The Morgan fingerprint density at radius 1 is 1.60 bits per heavy atom. The van der Waals surface area contributed by atoms with Gasteiger partial charge in [0.05, 0.1) is 18.8 Å². The molecule has 0 bridgehead atoms. The largest absolute Gasteiger partial charge is 0.297 e. The SMILES string of the molecule is c1cnc2c(c1)CONC2. The molecular weight excluding hydrogens is 128 g/mol. The van der Waals surface area contributed by atoms with E-state index >= 15 is 0 Å². The van der Waals surface area contributed by atoms with E-state index in [0.29, 0.717) is 6.61 Å². The summed E-state index contributed by atoms with van der Waals surface area (Å²) in [6, 6.07) is 3.96. The number of nitrogens with zero attached hydrogens (tertiary/aromatic N) is 1. The van der Waals surface area contributed by atoms with Crippen molar-refractivity contribution in [1.82, 2.24) is 10.5 Å². The molecule has 1 aromatic rings. The molecule has 3 heteroatoms. The maximum absolute atomic E-state index is 5.01. The van der Waals surface area contributed by atoms with Gasteiger partial charge in [-0.15, -0.1) is 0 Å². The number of hydroxylamine groups is 1.